The summed E-state index contributed by atoms with van der Waals surface area (Å²) in [5, 5.41) is 17.2. The van der Waals surface area contributed by atoms with Gasteiger partial charge in [-0.05, 0) is 50.2 Å². The summed E-state index contributed by atoms with van der Waals surface area (Å²) in [5.74, 6) is 0.539. The van der Waals surface area contributed by atoms with Crippen LogP contribution in [0, 0.1) is 6.92 Å². The molecule has 0 radical (unpaired) electrons. The number of carbonyl (C=O) groups is 2. The topological polar surface area (TPSA) is 121 Å². The van der Waals surface area contributed by atoms with E-state index in [0.717, 1.165) is 0 Å². The summed E-state index contributed by atoms with van der Waals surface area (Å²) in [5.41, 5.74) is 2.11. The highest BCUT2D eigenvalue weighted by atomic mass is 16.5. The summed E-state index contributed by atoms with van der Waals surface area (Å²) in [6.45, 7) is 3.70. The van der Waals surface area contributed by atoms with Crippen molar-refractivity contribution in [3.63, 3.8) is 0 Å². The van der Waals surface area contributed by atoms with Crippen LogP contribution in [0.5, 0.6) is 17.2 Å². The monoisotopic (exact) mass is 483 g/mol. The summed E-state index contributed by atoms with van der Waals surface area (Å²) in [7, 11) is 3.02. The zero-order chi connectivity index (χ0) is 25.4. The van der Waals surface area contributed by atoms with Gasteiger partial charge in [-0.2, -0.15) is 5.10 Å². The van der Waals surface area contributed by atoms with Crippen molar-refractivity contribution in [2.75, 3.05) is 34.0 Å². The van der Waals surface area contributed by atoms with E-state index < -0.39 is 12.1 Å². The van der Waals surface area contributed by atoms with Gasteiger partial charge in [-0.15, -0.1) is 0 Å². The highest BCUT2D eigenvalue weighted by Crippen LogP contribution is 2.36. The summed E-state index contributed by atoms with van der Waals surface area (Å²) in [6, 6.07) is 11.9. The van der Waals surface area contributed by atoms with Gasteiger partial charge in [-0.25, -0.2) is 9.48 Å². The van der Waals surface area contributed by atoms with Crippen LogP contribution in [0.25, 0.3) is 5.69 Å². The number of benzene rings is 2. The Hall–Kier alpha value is -4.05. The molecule has 1 amide bonds. The molecule has 0 spiro atoms. The lowest BCUT2D eigenvalue weighted by atomic mass is 10.2. The second-order valence-electron chi connectivity index (χ2n) is 7.49. The summed E-state index contributed by atoms with van der Waals surface area (Å²) >= 11 is 0. The van der Waals surface area contributed by atoms with E-state index in [1.807, 2.05) is 0 Å². The van der Waals surface area contributed by atoms with E-state index in [9.17, 15) is 14.7 Å². The van der Waals surface area contributed by atoms with Gasteiger partial charge < -0.3 is 29.4 Å². The Morgan fingerprint density at radius 1 is 1.09 bits per heavy atom. The summed E-state index contributed by atoms with van der Waals surface area (Å²) in [4.78, 5) is 24.5. The molecule has 186 valence electrons. The lowest BCUT2D eigenvalue weighted by Crippen LogP contribution is -2.35. The zero-order valence-electron chi connectivity index (χ0n) is 20.1. The summed E-state index contributed by atoms with van der Waals surface area (Å²) in [6.07, 6.45) is 0.499. The van der Waals surface area contributed by atoms with E-state index >= 15 is 0 Å². The Labute approximate surface area is 203 Å². The molecular weight excluding hydrogens is 454 g/mol. The van der Waals surface area contributed by atoms with Gasteiger partial charge in [0.2, 0.25) is 5.75 Å². The highest BCUT2D eigenvalue weighted by Gasteiger charge is 2.17. The largest absolute Gasteiger partial charge is 0.493 e. The SMILES string of the molecule is CCOC(=O)c1cnn(-c2ccc(C(=O)NCC(O)COc3c(OC)cccc3OC)cc2)c1C. The van der Waals surface area contributed by atoms with Crippen LogP contribution in [-0.4, -0.2) is 66.8 Å². The number of para-hydroxylation sites is 1. The number of hydrogen-bond acceptors (Lipinski definition) is 8. The van der Waals surface area contributed by atoms with Crippen LogP contribution in [-0.2, 0) is 4.74 Å². The Bertz CT molecular complexity index is 1140. The van der Waals surface area contributed by atoms with Gasteiger partial charge in [0.15, 0.2) is 11.5 Å². The predicted octanol–water partition coefficient (Wildman–Crippen LogP) is 2.54. The summed E-state index contributed by atoms with van der Waals surface area (Å²) < 4.78 is 22.8. The third kappa shape index (κ3) is 6.10. The van der Waals surface area contributed by atoms with Gasteiger partial charge in [-0.1, -0.05) is 6.07 Å². The molecule has 0 aliphatic rings. The van der Waals surface area contributed by atoms with E-state index in [2.05, 4.69) is 10.4 Å². The molecule has 0 fully saturated rings. The fraction of sp³-hybridized carbons (Fsp3) is 0.320. The van der Waals surface area contributed by atoms with Crippen LogP contribution in [0.15, 0.2) is 48.7 Å². The van der Waals surface area contributed by atoms with E-state index in [4.69, 9.17) is 18.9 Å². The molecule has 0 aliphatic carbocycles. The van der Waals surface area contributed by atoms with Crippen LogP contribution in [0.3, 0.4) is 0 Å². The van der Waals surface area contributed by atoms with E-state index in [-0.39, 0.29) is 25.7 Å². The van der Waals surface area contributed by atoms with Gasteiger partial charge in [0.1, 0.15) is 18.3 Å². The number of amides is 1. The fourth-order valence-corrected chi connectivity index (χ4v) is 3.34. The van der Waals surface area contributed by atoms with Gasteiger partial charge in [0, 0.05) is 12.1 Å². The molecule has 2 N–H and O–H groups in total. The first-order valence-corrected chi connectivity index (χ1v) is 11.0. The minimum Gasteiger partial charge on any atom is -0.493 e. The molecule has 1 unspecified atom stereocenters. The Morgan fingerprint density at radius 3 is 2.34 bits per heavy atom. The number of ether oxygens (including phenoxy) is 4. The number of nitrogens with one attached hydrogen (secondary N) is 1. The van der Waals surface area contributed by atoms with Crippen molar-refractivity contribution in [2.24, 2.45) is 0 Å². The van der Waals surface area contributed by atoms with Crippen molar-refractivity contribution >= 4 is 11.9 Å². The van der Waals surface area contributed by atoms with Crippen LogP contribution < -0.4 is 19.5 Å². The lowest BCUT2D eigenvalue weighted by molar-refractivity contribution is 0.0525. The van der Waals surface area contributed by atoms with E-state index in [1.54, 1.807) is 61.0 Å². The highest BCUT2D eigenvalue weighted by molar-refractivity contribution is 5.94. The van der Waals surface area contributed by atoms with Crippen molar-refractivity contribution in [1.29, 1.82) is 0 Å². The Kier molecular flexibility index (Phi) is 8.69. The standard InChI is InChI=1S/C25H29N3O7/c1-5-34-25(31)20-14-27-28(16(20)2)18-11-9-17(10-12-18)24(30)26-13-19(29)15-35-23-21(32-3)7-6-8-22(23)33-4/h6-12,14,19,29H,5,13,15H2,1-4H3,(H,26,30). The average Bonchev–Trinajstić information content (AvgIpc) is 3.27. The second-order valence-corrected chi connectivity index (χ2v) is 7.49. The first-order valence-electron chi connectivity index (χ1n) is 11.0. The molecule has 1 atom stereocenters. The van der Waals surface area contributed by atoms with Gasteiger partial charge >= 0.3 is 5.97 Å². The number of aromatic nitrogens is 2. The van der Waals surface area contributed by atoms with Crippen molar-refractivity contribution in [3.05, 3.63) is 65.5 Å². The molecule has 0 saturated heterocycles. The van der Waals surface area contributed by atoms with E-state index in [0.29, 0.717) is 39.8 Å². The molecule has 0 bridgehead atoms. The van der Waals surface area contributed by atoms with Gasteiger partial charge in [-0.3, -0.25) is 4.79 Å². The molecule has 0 saturated carbocycles. The first kappa shape index (κ1) is 25.6. The quantitative estimate of drug-likeness (QED) is 0.399. The third-order valence-electron chi connectivity index (χ3n) is 5.18. The Morgan fingerprint density at radius 2 is 1.74 bits per heavy atom. The third-order valence-corrected chi connectivity index (χ3v) is 5.18. The maximum absolute atomic E-state index is 12.5. The zero-order valence-corrected chi connectivity index (χ0v) is 20.1. The van der Waals surface area contributed by atoms with Gasteiger partial charge in [0.05, 0.1) is 38.4 Å². The molecule has 2 aromatic carbocycles. The smallest absolute Gasteiger partial charge is 0.341 e. The molecule has 0 aliphatic heterocycles. The molecule has 35 heavy (non-hydrogen) atoms. The van der Waals surface area contributed by atoms with Crippen LogP contribution in [0.2, 0.25) is 0 Å². The number of esters is 1. The van der Waals surface area contributed by atoms with Crippen LogP contribution in [0.1, 0.15) is 33.3 Å². The minimum absolute atomic E-state index is 0.0147. The number of nitrogens with zero attached hydrogens (tertiary/aromatic N) is 2. The van der Waals surface area contributed by atoms with Crippen molar-refractivity contribution in [2.45, 2.75) is 20.0 Å². The van der Waals surface area contributed by atoms with Gasteiger partial charge in [0.25, 0.3) is 5.91 Å². The fourth-order valence-electron chi connectivity index (χ4n) is 3.34. The number of rotatable bonds is 11. The second kappa shape index (κ2) is 11.9. The molecule has 3 rings (SSSR count). The molecule has 10 heteroatoms. The first-order chi connectivity index (χ1) is 16.9. The lowest BCUT2D eigenvalue weighted by Gasteiger charge is -2.17. The normalized spacial score (nSPS) is 11.5. The number of aliphatic hydroxyl groups excluding tert-OH is 1. The molecule has 1 aromatic heterocycles. The molecule has 10 nitrogen and oxygen atoms in total. The number of carbonyl (C=O) groups excluding carboxylic acids is 2. The molecule has 1 heterocycles. The molecule has 3 aromatic rings. The Balaban J connectivity index is 1.56. The van der Waals surface area contributed by atoms with Crippen LogP contribution in [0.4, 0.5) is 0 Å². The molecular formula is C25H29N3O7. The van der Waals surface area contributed by atoms with Crippen molar-refractivity contribution < 1.29 is 33.6 Å². The predicted molar refractivity (Wildman–Crippen MR) is 128 cm³/mol. The van der Waals surface area contributed by atoms with Crippen molar-refractivity contribution in [3.8, 4) is 22.9 Å². The van der Waals surface area contributed by atoms with Crippen LogP contribution >= 0.6 is 0 Å². The number of methoxy groups -OCH3 is 2. The minimum atomic E-state index is -0.958. The average molecular weight is 484 g/mol. The van der Waals surface area contributed by atoms with Crippen molar-refractivity contribution in [1.82, 2.24) is 15.1 Å². The number of aliphatic hydroxyl groups is 1. The maximum Gasteiger partial charge on any atom is 0.341 e. The van der Waals surface area contributed by atoms with E-state index in [1.165, 1.54) is 20.4 Å². The number of hydrogen-bond donors (Lipinski definition) is 2. The maximum atomic E-state index is 12.5.